The molecule has 2 aliphatic rings. The number of aryl methyl sites for hydroxylation is 2. The minimum Gasteiger partial charge on any atom is -0.392 e. The third kappa shape index (κ3) is 2.35. The highest BCUT2D eigenvalue weighted by Crippen LogP contribution is 2.39. The monoisotopic (exact) mass is 309 g/mol. The van der Waals surface area contributed by atoms with Gasteiger partial charge < -0.3 is 11.1 Å². The molecule has 0 unspecified atom stereocenters. The summed E-state index contributed by atoms with van der Waals surface area (Å²) in [5, 5.41) is 3.67. The highest BCUT2D eigenvalue weighted by molar-refractivity contribution is 7.80. The first-order chi connectivity index (χ1) is 9.62. The zero-order chi connectivity index (χ0) is 14.2. The van der Waals surface area contributed by atoms with Crippen molar-refractivity contribution in [1.29, 1.82) is 0 Å². The predicted octanol–water partition coefficient (Wildman–Crippen LogP) is 2.81. The first-order valence-electron chi connectivity index (χ1n) is 7.22. The van der Waals surface area contributed by atoms with Crippen LogP contribution in [0.2, 0.25) is 0 Å². The van der Waals surface area contributed by atoms with Crippen LogP contribution in [0.1, 0.15) is 49.1 Å². The number of aromatic nitrogens is 1. The zero-order valence-corrected chi connectivity index (χ0v) is 13.0. The number of hydrogen-bond donors (Lipinski definition) is 2. The Balaban J connectivity index is 1.77. The topological polar surface area (TPSA) is 68.0 Å². The van der Waals surface area contributed by atoms with Crippen LogP contribution in [-0.2, 0) is 17.6 Å². The van der Waals surface area contributed by atoms with Gasteiger partial charge in [0.1, 0.15) is 0 Å². The number of nitrogens with two attached hydrogens (primary N) is 1. The molecule has 2 aliphatic carbocycles. The quantitative estimate of drug-likeness (QED) is 0.843. The molecule has 108 valence electrons. The molecule has 0 aliphatic heterocycles. The van der Waals surface area contributed by atoms with E-state index in [1.165, 1.54) is 11.3 Å². The number of thiocarbonyl (C=S) groups is 1. The number of thiazole rings is 1. The number of hydrogen-bond acceptors (Lipinski definition) is 4. The van der Waals surface area contributed by atoms with E-state index in [1.54, 1.807) is 11.3 Å². The second-order valence-corrected chi connectivity index (χ2v) is 7.23. The molecule has 1 heterocycles. The first kappa shape index (κ1) is 13.9. The minimum atomic E-state index is -0.663. The molecule has 0 atom stereocenters. The van der Waals surface area contributed by atoms with E-state index >= 15 is 0 Å². The van der Waals surface area contributed by atoms with Crippen molar-refractivity contribution in [3.05, 3.63) is 10.6 Å². The van der Waals surface area contributed by atoms with E-state index in [0.29, 0.717) is 10.1 Å². The highest BCUT2D eigenvalue weighted by atomic mass is 32.1. The van der Waals surface area contributed by atoms with Gasteiger partial charge in [-0.15, -0.1) is 11.3 Å². The van der Waals surface area contributed by atoms with Gasteiger partial charge in [0.25, 0.3) is 0 Å². The van der Waals surface area contributed by atoms with Crippen LogP contribution in [-0.4, -0.2) is 15.9 Å². The van der Waals surface area contributed by atoms with Gasteiger partial charge in [0, 0.05) is 4.88 Å². The molecule has 4 nitrogen and oxygen atoms in total. The van der Waals surface area contributed by atoms with Gasteiger partial charge in [0.05, 0.1) is 16.1 Å². The average Bonchev–Trinajstić information content (AvgIpc) is 3.00. The lowest BCUT2D eigenvalue weighted by Crippen LogP contribution is -2.47. The van der Waals surface area contributed by atoms with Gasteiger partial charge in [0.2, 0.25) is 5.91 Å². The molecular weight excluding hydrogens is 290 g/mol. The molecule has 1 aromatic heterocycles. The standard InChI is InChI=1S/C14H19N3OS2/c15-11(19)14(7-2-1-3-8-14)12(18)17-13-16-9-5-4-6-10(9)20-13/h1-8H2,(H2,15,19)(H,16,17,18). The van der Waals surface area contributed by atoms with Gasteiger partial charge in [-0.1, -0.05) is 31.5 Å². The van der Waals surface area contributed by atoms with Crippen LogP contribution in [0.4, 0.5) is 5.13 Å². The number of nitrogens with zero attached hydrogens (tertiary/aromatic N) is 1. The first-order valence-corrected chi connectivity index (χ1v) is 8.44. The normalized spacial score (nSPS) is 20.4. The summed E-state index contributed by atoms with van der Waals surface area (Å²) in [6.45, 7) is 0. The maximum absolute atomic E-state index is 12.6. The summed E-state index contributed by atoms with van der Waals surface area (Å²) in [5.74, 6) is -0.0582. The molecule has 3 rings (SSSR count). The number of carbonyl (C=O) groups is 1. The van der Waals surface area contributed by atoms with Gasteiger partial charge in [-0.2, -0.15) is 0 Å². The lowest BCUT2D eigenvalue weighted by Gasteiger charge is -2.34. The number of rotatable bonds is 3. The number of carbonyl (C=O) groups excluding carboxylic acids is 1. The average molecular weight is 309 g/mol. The van der Waals surface area contributed by atoms with Crippen LogP contribution >= 0.6 is 23.6 Å². The summed E-state index contributed by atoms with van der Waals surface area (Å²) in [6.07, 6.45) is 8.00. The van der Waals surface area contributed by atoms with Crippen molar-refractivity contribution in [3.63, 3.8) is 0 Å². The second kappa shape index (κ2) is 5.41. The summed E-state index contributed by atoms with van der Waals surface area (Å²) in [6, 6.07) is 0. The third-order valence-electron chi connectivity index (χ3n) is 4.43. The molecule has 0 saturated heterocycles. The van der Waals surface area contributed by atoms with Gasteiger partial charge in [-0.3, -0.25) is 4.79 Å². The zero-order valence-electron chi connectivity index (χ0n) is 11.4. The largest absolute Gasteiger partial charge is 0.392 e. The van der Waals surface area contributed by atoms with Crippen LogP contribution in [0.25, 0.3) is 0 Å². The number of anilines is 1. The van der Waals surface area contributed by atoms with Crippen molar-refractivity contribution in [3.8, 4) is 0 Å². The van der Waals surface area contributed by atoms with Gasteiger partial charge >= 0.3 is 0 Å². The summed E-state index contributed by atoms with van der Waals surface area (Å²) >= 11 is 6.78. The van der Waals surface area contributed by atoms with E-state index in [-0.39, 0.29) is 5.91 Å². The van der Waals surface area contributed by atoms with Gasteiger partial charge in [-0.25, -0.2) is 4.98 Å². The maximum atomic E-state index is 12.6. The molecule has 1 saturated carbocycles. The highest BCUT2D eigenvalue weighted by Gasteiger charge is 2.42. The van der Waals surface area contributed by atoms with Crippen LogP contribution in [0.5, 0.6) is 0 Å². The van der Waals surface area contributed by atoms with E-state index in [0.717, 1.165) is 50.6 Å². The second-order valence-electron chi connectivity index (χ2n) is 5.70. The van der Waals surface area contributed by atoms with E-state index in [1.807, 2.05) is 0 Å². The Labute approximate surface area is 128 Å². The van der Waals surface area contributed by atoms with E-state index in [4.69, 9.17) is 18.0 Å². The molecule has 0 bridgehead atoms. The fourth-order valence-electron chi connectivity index (χ4n) is 3.20. The fraction of sp³-hybridized carbons (Fsp3) is 0.643. The molecule has 0 aromatic carbocycles. The molecule has 1 amide bonds. The van der Waals surface area contributed by atoms with Crippen LogP contribution in [0, 0.1) is 5.41 Å². The Morgan fingerprint density at radius 2 is 2.00 bits per heavy atom. The Morgan fingerprint density at radius 3 is 2.65 bits per heavy atom. The smallest absolute Gasteiger partial charge is 0.239 e. The van der Waals surface area contributed by atoms with Crippen molar-refractivity contribution in [2.45, 2.75) is 51.4 Å². The number of fused-ring (bicyclic) bond motifs is 1. The fourth-order valence-corrected chi connectivity index (χ4v) is 4.54. The van der Waals surface area contributed by atoms with E-state index < -0.39 is 5.41 Å². The summed E-state index contributed by atoms with van der Waals surface area (Å²) in [4.78, 5) is 18.8. The summed E-state index contributed by atoms with van der Waals surface area (Å²) in [7, 11) is 0. The summed E-state index contributed by atoms with van der Waals surface area (Å²) in [5.41, 5.74) is 6.37. The number of nitrogens with one attached hydrogen (secondary N) is 1. The SMILES string of the molecule is NC(=S)C1(C(=O)Nc2nc3c(s2)CCC3)CCCCC1. The molecule has 1 fully saturated rings. The minimum absolute atomic E-state index is 0.0582. The third-order valence-corrected chi connectivity index (χ3v) is 5.89. The Morgan fingerprint density at radius 1 is 1.25 bits per heavy atom. The molecule has 3 N–H and O–H groups in total. The molecule has 6 heteroatoms. The van der Waals surface area contributed by atoms with Crippen molar-refractivity contribution in [2.75, 3.05) is 5.32 Å². The lowest BCUT2D eigenvalue weighted by molar-refractivity contribution is -0.123. The molecular formula is C14H19N3OS2. The van der Waals surface area contributed by atoms with Crippen molar-refractivity contribution in [1.82, 2.24) is 4.98 Å². The van der Waals surface area contributed by atoms with E-state index in [9.17, 15) is 4.79 Å². The van der Waals surface area contributed by atoms with Crippen LogP contribution in [0.3, 0.4) is 0 Å². The van der Waals surface area contributed by atoms with Crippen molar-refractivity contribution < 1.29 is 4.79 Å². The summed E-state index contributed by atoms with van der Waals surface area (Å²) < 4.78 is 0. The Kier molecular flexibility index (Phi) is 3.77. The molecule has 0 radical (unpaired) electrons. The molecule has 0 spiro atoms. The van der Waals surface area contributed by atoms with E-state index in [2.05, 4.69) is 10.3 Å². The van der Waals surface area contributed by atoms with Crippen molar-refractivity contribution >= 4 is 39.6 Å². The maximum Gasteiger partial charge on any atom is 0.239 e. The van der Waals surface area contributed by atoms with Crippen molar-refractivity contribution in [2.24, 2.45) is 11.1 Å². The Hall–Kier alpha value is -1.01. The van der Waals surface area contributed by atoms with Crippen LogP contribution < -0.4 is 11.1 Å². The van der Waals surface area contributed by atoms with Crippen LogP contribution in [0.15, 0.2) is 0 Å². The molecule has 20 heavy (non-hydrogen) atoms. The lowest BCUT2D eigenvalue weighted by atomic mass is 9.73. The number of amides is 1. The molecule has 1 aromatic rings. The Bertz CT molecular complexity index is 525. The van der Waals surface area contributed by atoms with Gasteiger partial charge in [0.15, 0.2) is 5.13 Å². The predicted molar refractivity (Wildman–Crippen MR) is 85.1 cm³/mol. The van der Waals surface area contributed by atoms with Gasteiger partial charge in [-0.05, 0) is 32.1 Å².